The van der Waals surface area contributed by atoms with Gasteiger partial charge in [-0.1, -0.05) is 24.3 Å². The Kier molecular flexibility index (Phi) is 6.32. The molecule has 0 radical (unpaired) electrons. The van der Waals surface area contributed by atoms with Gasteiger partial charge in [-0.2, -0.15) is 0 Å². The van der Waals surface area contributed by atoms with Crippen molar-refractivity contribution in [3.8, 4) is 11.5 Å². The summed E-state index contributed by atoms with van der Waals surface area (Å²) < 4.78 is 18.5. The molecule has 0 saturated heterocycles. The normalized spacial score (nSPS) is 13.5. The van der Waals surface area contributed by atoms with E-state index in [1.807, 2.05) is 45.0 Å². The third-order valence-corrected chi connectivity index (χ3v) is 6.49. The van der Waals surface area contributed by atoms with Gasteiger partial charge in [0.25, 0.3) is 5.91 Å². The number of fused-ring (bicyclic) bond motifs is 2. The lowest BCUT2D eigenvalue weighted by atomic mass is 10.0. The zero-order valence-electron chi connectivity index (χ0n) is 21.2. The number of aromatic nitrogens is 3. The number of rotatable bonds is 8. The van der Waals surface area contributed by atoms with Gasteiger partial charge in [-0.25, -0.2) is 4.68 Å². The summed E-state index contributed by atoms with van der Waals surface area (Å²) in [5, 5.41) is 11.4. The van der Waals surface area contributed by atoms with E-state index in [4.69, 9.17) is 13.9 Å². The second kappa shape index (κ2) is 9.61. The number of hydrogen-bond acceptors (Lipinski definition) is 7. The van der Waals surface area contributed by atoms with Gasteiger partial charge in [0, 0.05) is 17.3 Å². The average Bonchev–Trinajstić information content (AvgIpc) is 3.62. The highest BCUT2D eigenvalue weighted by atomic mass is 16.7. The SMILES string of the molecule is CCC(C)(C)NC(=O)[C@@H](c1ccc(C)o1)N(C(=O)Cn1nnc2ccccc21)c1ccc2c(c1)OCO2. The molecule has 0 aliphatic carbocycles. The maximum Gasteiger partial charge on any atom is 0.251 e. The third-order valence-electron chi connectivity index (χ3n) is 6.49. The fraction of sp³-hybridized carbons (Fsp3) is 0.333. The monoisotopic (exact) mass is 503 g/mol. The standard InChI is InChI=1S/C27H29N5O5/c1-5-27(3,4)28-26(34)25(22-12-10-17(2)37-22)32(18-11-13-21-23(14-18)36-16-35-21)24(33)15-31-20-9-7-6-8-19(20)29-30-31/h6-14,25H,5,15-16H2,1-4H3,(H,28,34)/t25-/m1/s1. The number of carbonyl (C=O) groups is 2. The number of para-hydroxylation sites is 1. The minimum Gasteiger partial charge on any atom is -0.464 e. The number of nitrogens with zero attached hydrogens (tertiary/aromatic N) is 4. The molecule has 2 aromatic heterocycles. The van der Waals surface area contributed by atoms with Crippen LogP contribution in [0.3, 0.4) is 0 Å². The van der Waals surface area contributed by atoms with Crippen LogP contribution >= 0.6 is 0 Å². The summed E-state index contributed by atoms with van der Waals surface area (Å²) in [6, 6.07) is 14.9. The summed E-state index contributed by atoms with van der Waals surface area (Å²) in [5.74, 6) is 1.29. The van der Waals surface area contributed by atoms with Gasteiger partial charge in [0.2, 0.25) is 12.7 Å². The van der Waals surface area contributed by atoms with Crippen LogP contribution in [0.25, 0.3) is 11.0 Å². The molecule has 10 heteroatoms. The first kappa shape index (κ1) is 24.4. The van der Waals surface area contributed by atoms with Crippen molar-refractivity contribution in [2.24, 2.45) is 0 Å². The van der Waals surface area contributed by atoms with E-state index >= 15 is 0 Å². The zero-order valence-corrected chi connectivity index (χ0v) is 21.2. The summed E-state index contributed by atoms with van der Waals surface area (Å²) in [4.78, 5) is 29.3. The van der Waals surface area contributed by atoms with Crippen molar-refractivity contribution >= 4 is 28.5 Å². The number of amides is 2. The van der Waals surface area contributed by atoms with Gasteiger partial charge >= 0.3 is 0 Å². The minimum absolute atomic E-state index is 0.0870. The number of anilines is 1. The van der Waals surface area contributed by atoms with Crippen LogP contribution in [-0.4, -0.2) is 39.1 Å². The second-order valence-corrected chi connectivity index (χ2v) is 9.61. The number of aryl methyl sites for hydroxylation is 1. The van der Waals surface area contributed by atoms with Gasteiger partial charge in [-0.15, -0.1) is 5.10 Å². The fourth-order valence-corrected chi connectivity index (χ4v) is 4.17. The summed E-state index contributed by atoms with van der Waals surface area (Å²) >= 11 is 0. The topological polar surface area (TPSA) is 112 Å². The van der Waals surface area contributed by atoms with E-state index in [-0.39, 0.29) is 25.2 Å². The number of furan rings is 1. The maximum atomic E-state index is 14.1. The van der Waals surface area contributed by atoms with Crippen molar-refractivity contribution < 1.29 is 23.5 Å². The smallest absolute Gasteiger partial charge is 0.251 e. The van der Waals surface area contributed by atoms with Crippen molar-refractivity contribution in [1.29, 1.82) is 0 Å². The Hall–Kier alpha value is -4.34. The molecule has 1 aliphatic heterocycles. The molecule has 10 nitrogen and oxygen atoms in total. The Bertz CT molecular complexity index is 1460. The summed E-state index contributed by atoms with van der Waals surface area (Å²) in [6.45, 7) is 7.60. The Balaban J connectivity index is 1.60. The molecule has 0 unspecified atom stereocenters. The molecule has 0 fully saturated rings. The van der Waals surface area contributed by atoms with E-state index in [1.54, 1.807) is 37.3 Å². The molecule has 0 bridgehead atoms. The zero-order chi connectivity index (χ0) is 26.2. The van der Waals surface area contributed by atoms with Crippen LogP contribution in [0.15, 0.2) is 59.0 Å². The summed E-state index contributed by atoms with van der Waals surface area (Å²) in [6.07, 6.45) is 0.700. The highest BCUT2D eigenvalue weighted by Gasteiger charge is 2.38. The highest BCUT2D eigenvalue weighted by molar-refractivity contribution is 6.01. The molecule has 2 aromatic carbocycles. The number of benzene rings is 2. The van der Waals surface area contributed by atoms with E-state index in [9.17, 15) is 9.59 Å². The van der Waals surface area contributed by atoms with Crippen molar-refractivity contribution in [3.05, 3.63) is 66.1 Å². The molecule has 3 heterocycles. The molecule has 1 N–H and O–H groups in total. The van der Waals surface area contributed by atoms with E-state index in [0.717, 1.165) is 0 Å². The molecule has 2 amide bonds. The first-order chi connectivity index (χ1) is 17.8. The van der Waals surface area contributed by atoms with E-state index in [0.29, 0.717) is 46.2 Å². The van der Waals surface area contributed by atoms with E-state index in [1.165, 1.54) is 9.58 Å². The number of nitrogens with one attached hydrogen (secondary N) is 1. The van der Waals surface area contributed by atoms with Gasteiger partial charge < -0.3 is 19.2 Å². The van der Waals surface area contributed by atoms with Crippen LogP contribution in [0.5, 0.6) is 11.5 Å². The number of ether oxygens (including phenoxy) is 2. The maximum absolute atomic E-state index is 14.1. The van der Waals surface area contributed by atoms with Crippen molar-refractivity contribution in [2.75, 3.05) is 11.7 Å². The molecule has 0 spiro atoms. The Morgan fingerprint density at radius 1 is 1.11 bits per heavy atom. The highest BCUT2D eigenvalue weighted by Crippen LogP contribution is 2.38. The summed E-state index contributed by atoms with van der Waals surface area (Å²) in [7, 11) is 0. The van der Waals surface area contributed by atoms with Crippen LogP contribution in [0.4, 0.5) is 5.69 Å². The lowest BCUT2D eigenvalue weighted by molar-refractivity contribution is -0.128. The van der Waals surface area contributed by atoms with Crippen LogP contribution < -0.4 is 19.7 Å². The van der Waals surface area contributed by atoms with Crippen LogP contribution in [0.1, 0.15) is 44.8 Å². The van der Waals surface area contributed by atoms with Crippen LogP contribution in [0.2, 0.25) is 0 Å². The van der Waals surface area contributed by atoms with Gasteiger partial charge in [-0.05, 0) is 63.6 Å². The quantitative estimate of drug-likeness (QED) is 0.385. The Morgan fingerprint density at radius 2 is 1.89 bits per heavy atom. The van der Waals surface area contributed by atoms with Crippen molar-refractivity contribution in [1.82, 2.24) is 20.3 Å². The molecular weight excluding hydrogens is 474 g/mol. The van der Waals surface area contributed by atoms with E-state index in [2.05, 4.69) is 15.6 Å². The first-order valence-electron chi connectivity index (χ1n) is 12.1. The molecule has 5 rings (SSSR count). The minimum atomic E-state index is -1.08. The van der Waals surface area contributed by atoms with Crippen LogP contribution in [-0.2, 0) is 16.1 Å². The predicted octanol–water partition coefficient (Wildman–Crippen LogP) is 4.14. The molecule has 4 aromatic rings. The molecule has 0 saturated carbocycles. The average molecular weight is 504 g/mol. The first-order valence-corrected chi connectivity index (χ1v) is 12.1. The Morgan fingerprint density at radius 3 is 2.65 bits per heavy atom. The lowest BCUT2D eigenvalue weighted by Gasteiger charge is -2.33. The molecule has 37 heavy (non-hydrogen) atoms. The Labute approximate surface area is 214 Å². The molecular formula is C27H29N5O5. The fourth-order valence-electron chi connectivity index (χ4n) is 4.17. The molecule has 192 valence electrons. The van der Waals surface area contributed by atoms with Gasteiger partial charge in [0.1, 0.15) is 23.6 Å². The molecule has 1 aliphatic rings. The van der Waals surface area contributed by atoms with Gasteiger partial charge in [0.05, 0.1) is 5.52 Å². The summed E-state index contributed by atoms with van der Waals surface area (Å²) in [5.41, 5.74) is 1.35. The van der Waals surface area contributed by atoms with Gasteiger partial charge in [0.15, 0.2) is 17.5 Å². The van der Waals surface area contributed by atoms with Crippen molar-refractivity contribution in [3.63, 3.8) is 0 Å². The lowest BCUT2D eigenvalue weighted by Crippen LogP contribution is -2.51. The predicted molar refractivity (Wildman–Crippen MR) is 136 cm³/mol. The molecule has 1 atom stereocenters. The number of carbonyl (C=O) groups excluding carboxylic acids is 2. The van der Waals surface area contributed by atoms with E-state index < -0.39 is 11.6 Å². The number of hydrogen-bond donors (Lipinski definition) is 1. The second-order valence-electron chi connectivity index (χ2n) is 9.61. The third kappa shape index (κ3) is 4.87. The van der Waals surface area contributed by atoms with Gasteiger partial charge in [-0.3, -0.25) is 14.5 Å². The van der Waals surface area contributed by atoms with Crippen LogP contribution in [0, 0.1) is 6.92 Å². The largest absolute Gasteiger partial charge is 0.464 e. The van der Waals surface area contributed by atoms with Crippen molar-refractivity contribution in [2.45, 2.75) is 52.2 Å².